The zero-order valence-electron chi connectivity index (χ0n) is 17.1. The minimum Gasteiger partial charge on any atom is -0.452 e. The SMILES string of the molecule is O=C(COC(=O)c1ccc(Cn2cccn2)o1)Nc1cccc(S(=O)(=O)N2CCCC2)c1. The molecule has 0 unspecified atom stereocenters. The van der Waals surface area contributed by atoms with Gasteiger partial charge in [-0.3, -0.25) is 9.48 Å². The second kappa shape index (κ2) is 9.37. The number of ether oxygens (including phenoxy) is 1. The molecule has 0 bridgehead atoms. The Morgan fingerprint density at radius 2 is 1.94 bits per heavy atom. The van der Waals surface area contributed by atoms with Crippen molar-refractivity contribution in [2.75, 3.05) is 25.0 Å². The average Bonchev–Trinajstić information content (AvgIpc) is 3.55. The van der Waals surface area contributed by atoms with Crippen LogP contribution in [0.15, 0.2) is 64.2 Å². The molecule has 168 valence electrons. The van der Waals surface area contributed by atoms with Crippen LogP contribution in [0.3, 0.4) is 0 Å². The van der Waals surface area contributed by atoms with E-state index in [0.717, 1.165) is 12.8 Å². The molecule has 1 aliphatic heterocycles. The quantitative estimate of drug-likeness (QED) is 0.513. The van der Waals surface area contributed by atoms with Gasteiger partial charge >= 0.3 is 5.97 Å². The van der Waals surface area contributed by atoms with Crippen molar-refractivity contribution < 1.29 is 27.2 Å². The van der Waals surface area contributed by atoms with Crippen LogP contribution in [0.1, 0.15) is 29.2 Å². The third-order valence-corrected chi connectivity index (χ3v) is 6.79. The van der Waals surface area contributed by atoms with Crippen molar-refractivity contribution >= 4 is 27.6 Å². The molecule has 32 heavy (non-hydrogen) atoms. The molecule has 11 heteroatoms. The van der Waals surface area contributed by atoms with Crippen molar-refractivity contribution in [3.63, 3.8) is 0 Å². The molecule has 4 rings (SSSR count). The molecule has 0 aliphatic carbocycles. The highest BCUT2D eigenvalue weighted by Gasteiger charge is 2.27. The summed E-state index contributed by atoms with van der Waals surface area (Å²) in [5.74, 6) is -0.894. The van der Waals surface area contributed by atoms with Gasteiger partial charge in [-0.05, 0) is 49.2 Å². The van der Waals surface area contributed by atoms with Crippen LogP contribution in [0.2, 0.25) is 0 Å². The smallest absolute Gasteiger partial charge is 0.374 e. The lowest BCUT2D eigenvalue weighted by atomic mass is 10.3. The zero-order valence-corrected chi connectivity index (χ0v) is 18.0. The minimum atomic E-state index is -3.60. The summed E-state index contributed by atoms with van der Waals surface area (Å²) in [5, 5.41) is 6.60. The molecule has 10 nitrogen and oxygen atoms in total. The Balaban J connectivity index is 1.31. The average molecular weight is 458 g/mol. The van der Waals surface area contributed by atoms with Crippen LogP contribution in [0.4, 0.5) is 5.69 Å². The maximum Gasteiger partial charge on any atom is 0.374 e. The zero-order chi connectivity index (χ0) is 22.6. The number of nitrogens with one attached hydrogen (secondary N) is 1. The number of carbonyl (C=O) groups excluding carboxylic acids is 2. The first-order valence-electron chi connectivity index (χ1n) is 10.1. The fraction of sp³-hybridized carbons (Fsp3) is 0.286. The molecule has 0 spiro atoms. The summed E-state index contributed by atoms with van der Waals surface area (Å²) in [4.78, 5) is 24.4. The second-order valence-corrected chi connectivity index (χ2v) is 9.17. The van der Waals surface area contributed by atoms with E-state index in [9.17, 15) is 18.0 Å². The first-order valence-corrected chi connectivity index (χ1v) is 11.5. The maximum absolute atomic E-state index is 12.7. The molecule has 1 saturated heterocycles. The highest BCUT2D eigenvalue weighted by atomic mass is 32.2. The standard InChI is InChI=1S/C21H22N4O6S/c26-20(15-30-21(27)19-8-7-17(31-19)14-24-10-4-9-22-24)23-16-5-3-6-18(13-16)32(28,29)25-11-1-2-12-25/h3-10,13H,1-2,11-12,14-15H2,(H,23,26). The maximum atomic E-state index is 12.7. The highest BCUT2D eigenvalue weighted by Crippen LogP contribution is 2.23. The number of aromatic nitrogens is 2. The first kappa shape index (κ1) is 21.8. The van der Waals surface area contributed by atoms with Crippen LogP contribution in [-0.4, -0.2) is 54.1 Å². The third kappa shape index (κ3) is 5.06. The number of nitrogens with zero attached hydrogens (tertiary/aromatic N) is 3. The van der Waals surface area contributed by atoms with Gasteiger partial charge in [0.2, 0.25) is 15.8 Å². The normalized spacial score (nSPS) is 14.4. The number of hydrogen-bond donors (Lipinski definition) is 1. The second-order valence-electron chi connectivity index (χ2n) is 7.23. The Morgan fingerprint density at radius 3 is 2.69 bits per heavy atom. The number of esters is 1. The van der Waals surface area contributed by atoms with E-state index < -0.39 is 28.5 Å². The van der Waals surface area contributed by atoms with Crippen molar-refractivity contribution in [3.05, 3.63) is 66.4 Å². The molecule has 0 atom stereocenters. The predicted molar refractivity (Wildman–Crippen MR) is 113 cm³/mol. The molecular weight excluding hydrogens is 436 g/mol. The van der Waals surface area contributed by atoms with Gasteiger partial charge in [0.25, 0.3) is 5.91 Å². The molecule has 1 aliphatic rings. The van der Waals surface area contributed by atoms with Gasteiger partial charge < -0.3 is 14.5 Å². The molecule has 0 saturated carbocycles. The molecule has 0 radical (unpaired) electrons. The van der Waals surface area contributed by atoms with Crippen molar-refractivity contribution in [2.24, 2.45) is 0 Å². The van der Waals surface area contributed by atoms with Crippen LogP contribution in [0.25, 0.3) is 0 Å². The molecule has 1 aromatic carbocycles. The lowest BCUT2D eigenvalue weighted by Crippen LogP contribution is -2.28. The van der Waals surface area contributed by atoms with Gasteiger partial charge in [0, 0.05) is 31.2 Å². The largest absolute Gasteiger partial charge is 0.452 e. The van der Waals surface area contributed by atoms with Gasteiger partial charge in [-0.2, -0.15) is 9.40 Å². The monoisotopic (exact) mass is 458 g/mol. The van der Waals surface area contributed by atoms with Crippen LogP contribution in [0.5, 0.6) is 0 Å². The van der Waals surface area contributed by atoms with Gasteiger partial charge in [0.05, 0.1) is 11.4 Å². The summed E-state index contributed by atoms with van der Waals surface area (Å²) < 4.78 is 38.8. The number of hydrogen-bond acceptors (Lipinski definition) is 7. The molecule has 1 N–H and O–H groups in total. The Morgan fingerprint density at radius 1 is 1.12 bits per heavy atom. The summed E-state index contributed by atoms with van der Waals surface area (Å²) in [7, 11) is -3.60. The summed E-state index contributed by atoms with van der Waals surface area (Å²) >= 11 is 0. The lowest BCUT2D eigenvalue weighted by molar-refractivity contribution is -0.119. The van der Waals surface area contributed by atoms with Crippen LogP contribution in [0, 0.1) is 0 Å². The van der Waals surface area contributed by atoms with Crippen molar-refractivity contribution in [2.45, 2.75) is 24.3 Å². The Hall–Kier alpha value is -3.44. The summed E-state index contributed by atoms with van der Waals surface area (Å²) in [6.45, 7) is 0.797. The minimum absolute atomic E-state index is 0.0290. The first-order chi connectivity index (χ1) is 15.4. The van der Waals surface area contributed by atoms with Gasteiger partial charge in [-0.25, -0.2) is 13.2 Å². The van der Waals surface area contributed by atoms with Crippen LogP contribution in [-0.2, 0) is 26.1 Å². The van der Waals surface area contributed by atoms with E-state index in [1.165, 1.54) is 22.5 Å². The molecule has 3 aromatic rings. The topological polar surface area (TPSA) is 124 Å². The molecular formula is C21H22N4O6S. The van der Waals surface area contributed by atoms with Crippen molar-refractivity contribution in [1.29, 1.82) is 0 Å². The van der Waals surface area contributed by atoms with Gasteiger partial charge in [0.1, 0.15) is 5.76 Å². The number of benzene rings is 1. The van der Waals surface area contributed by atoms with E-state index in [1.807, 2.05) is 0 Å². The van der Waals surface area contributed by atoms with Crippen LogP contribution < -0.4 is 5.32 Å². The fourth-order valence-electron chi connectivity index (χ4n) is 3.34. The van der Waals surface area contributed by atoms with E-state index in [0.29, 0.717) is 31.1 Å². The predicted octanol–water partition coefficient (Wildman–Crippen LogP) is 2.10. The lowest BCUT2D eigenvalue weighted by Gasteiger charge is -2.16. The van der Waals surface area contributed by atoms with Crippen molar-refractivity contribution in [3.8, 4) is 0 Å². The van der Waals surface area contributed by atoms with E-state index >= 15 is 0 Å². The van der Waals surface area contributed by atoms with Gasteiger partial charge in [-0.1, -0.05) is 6.07 Å². The Bertz CT molecular complexity index is 1200. The molecule has 3 heterocycles. The summed E-state index contributed by atoms with van der Waals surface area (Å²) in [6, 6.07) is 10.9. The highest BCUT2D eigenvalue weighted by molar-refractivity contribution is 7.89. The summed E-state index contributed by atoms with van der Waals surface area (Å²) in [6.07, 6.45) is 5.06. The van der Waals surface area contributed by atoms with Crippen LogP contribution >= 0.6 is 0 Å². The molecule has 1 amide bonds. The van der Waals surface area contributed by atoms with E-state index in [2.05, 4.69) is 10.4 Å². The summed E-state index contributed by atoms with van der Waals surface area (Å²) in [5.41, 5.74) is 0.297. The number of carbonyl (C=O) groups is 2. The van der Waals surface area contributed by atoms with E-state index in [4.69, 9.17) is 9.15 Å². The van der Waals surface area contributed by atoms with Crippen molar-refractivity contribution in [1.82, 2.24) is 14.1 Å². The molecule has 1 fully saturated rings. The number of anilines is 1. The number of sulfonamides is 1. The Labute approximate surface area is 184 Å². The number of furan rings is 1. The van der Waals surface area contributed by atoms with E-state index in [1.54, 1.807) is 41.3 Å². The number of rotatable bonds is 8. The Kier molecular flexibility index (Phi) is 6.37. The van der Waals surface area contributed by atoms with Gasteiger partial charge in [-0.15, -0.1) is 0 Å². The van der Waals surface area contributed by atoms with E-state index in [-0.39, 0.29) is 10.7 Å². The third-order valence-electron chi connectivity index (χ3n) is 4.89. The number of amides is 1. The fourth-order valence-corrected chi connectivity index (χ4v) is 4.90. The molecule has 2 aromatic heterocycles. The van der Waals surface area contributed by atoms with Gasteiger partial charge in [0.15, 0.2) is 6.61 Å².